The summed E-state index contributed by atoms with van der Waals surface area (Å²) in [6, 6.07) is -1.43. The fourth-order valence-corrected chi connectivity index (χ4v) is 6.63. The Kier molecular flexibility index (Phi) is 7.17. The molecule has 0 aromatic carbocycles. The Balaban J connectivity index is 1.89. The predicted octanol–water partition coefficient (Wildman–Crippen LogP) is 1.98. The number of rotatable bonds is 8. The molecular formula is C27H41N3O5. The van der Waals surface area contributed by atoms with Gasteiger partial charge in [-0.2, -0.15) is 0 Å². The molecular weight excluding hydrogens is 446 g/mol. The highest BCUT2D eigenvalue weighted by Gasteiger charge is 2.75. The van der Waals surface area contributed by atoms with E-state index in [1.807, 2.05) is 45.1 Å². The summed E-state index contributed by atoms with van der Waals surface area (Å²) >= 11 is 0. The topological polar surface area (TPSA) is 90.4 Å². The first-order valence-corrected chi connectivity index (χ1v) is 13.2. The Hall–Kier alpha value is -2.19. The van der Waals surface area contributed by atoms with Gasteiger partial charge in [0.25, 0.3) is 0 Å². The van der Waals surface area contributed by atoms with Gasteiger partial charge in [0, 0.05) is 26.7 Å². The number of hydrogen-bond acceptors (Lipinski definition) is 5. The molecule has 6 atom stereocenters. The average Bonchev–Trinajstić information content (AvgIpc) is 3.13. The fraction of sp³-hybridized carbons (Fsp3) is 0.741. The highest BCUT2D eigenvalue weighted by atomic mass is 16.5. The van der Waals surface area contributed by atoms with Gasteiger partial charge in [-0.1, -0.05) is 58.4 Å². The number of hydrogen-bond donors (Lipinski definition) is 1. The number of nitrogens with zero attached hydrogens (tertiary/aromatic N) is 3. The molecule has 194 valence electrons. The molecule has 1 N–H and O–H groups in total. The van der Waals surface area contributed by atoms with E-state index in [1.54, 1.807) is 21.7 Å². The van der Waals surface area contributed by atoms with Crippen molar-refractivity contribution in [3.63, 3.8) is 0 Å². The number of ether oxygens (including phenoxy) is 1. The summed E-state index contributed by atoms with van der Waals surface area (Å²) in [7, 11) is 1.74. The monoisotopic (exact) mass is 487 g/mol. The highest BCUT2D eigenvalue weighted by molar-refractivity contribution is 6.00. The standard InChI is InChI=1S/C27H41N3O5/c1-6-8-14-29-15-10-12-27-21(20-23(32)28(5)13-9-11-26(20,7-2)35-27)24(33)30(22(27)25(29)34)19(17-31)16-18(3)4/h9-12,18-22,31H,6-8,13-17H2,1-5H3/t19-,20+,21+,22?,26-,27+/m1/s1. The minimum Gasteiger partial charge on any atom is -0.394 e. The number of fused-ring (bicyclic) bond motifs is 2. The normalized spacial score (nSPS) is 35.3. The zero-order valence-corrected chi connectivity index (χ0v) is 21.8. The first kappa shape index (κ1) is 25.9. The van der Waals surface area contributed by atoms with Crippen LogP contribution in [0.4, 0.5) is 0 Å². The van der Waals surface area contributed by atoms with E-state index in [2.05, 4.69) is 6.92 Å². The van der Waals surface area contributed by atoms with E-state index in [0.717, 1.165) is 12.8 Å². The molecule has 4 heterocycles. The summed E-state index contributed by atoms with van der Waals surface area (Å²) in [6.45, 7) is 9.37. The minimum atomic E-state index is -1.25. The lowest BCUT2D eigenvalue weighted by atomic mass is 9.73. The molecule has 0 aromatic heterocycles. The lowest BCUT2D eigenvalue weighted by Gasteiger charge is -2.41. The van der Waals surface area contributed by atoms with E-state index in [1.165, 1.54) is 0 Å². The molecule has 8 heteroatoms. The van der Waals surface area contributed by atoms with Crippen LogP contribution in [0.2, 0.25) is 0 Å². The van der Waals surface area contributed by atoms with Gasteiger partial charge in [0.15, 0.2) is 0 Å². The summed E-state index contributed by atoms with van der Waals surface area (Å²) in [4.78, 5) is 47.2. The quantitative estimate of drug-likeness (QED) is 0.529. The van der Waals surface area contributed by atoms with Crippen LogP contribution in [-0.2, 0) is 19.1 Å². The van der Waals surface area contributed by atoms with Gasteiger partial charge in [0.2, 0.25) is 17.7 Å². The second-order valence-corrected chi connectivity index (χ2v) is 11.0. The molecule has 3 amide bonds. The van der Waals surface area contributed by atoms with Crippen molar-refractivity contribution < 1.29 is 24.2 Å². The van der Waals surface area contributed by atoms with Gasteiger partial charge < -0.3 is 24.5 Å². The molecule has 0 radical (unpaired) electrons. The Labute approximate surface area is 208 Å². The van der Waals surface area contributed by atoms with Crippen LogP contribution >= 0.6 is 0 Å². The van der Waals surface area contributed by atoms with Crippen LogP contribution in [0.5, 0.6) is 0 Å². The van der Waals surface area contributed by atoms with Gasteiger partial charge in [0.05, 0.1) is 30.1 Å². The molecule has 2 saturated heterocycles. The van der Waals surface area contributed by atoms with E-state index < -0.39 is 35.1 Å². The maximum absolute atomic E-state index is 14.3. The van der Waals surface area contributed by atoms with Crippen molar-refractivity contribution >= 4 is 17.7 Å². The largest absolute Gasteiger partial charge is 0.394 e. The van der Waals surface area contributed by atoms with Gasteiger partial charge in [-0.15, -0.1) is 0 Å². The fourth-order valence-electron chi connectivity index (χ4n) is 6.63. The summed E-state index contributed by atoms with van der Waals surface area (Å²) in [5, 5.41) is 10.4. The lowest BCUT2D eigenvalue weighted by Crippen LogP contribution is -2.59. The van der Waals surface area contributed by atoms with Crippen molar-refractivity contribution in [2.45, 2.75) is 76.7 Å². The molecule has 4 aliphatic heterocycles. The van der Waals surface area contributed by atoms with Gasteiger partial charge >= 0.3 is 0 Å². The summed E-state index contributed by atoms with van der Waals surface area (Å²) in [5.41, 5.74) is -2.21. The van der Waals surface area contributed by atoms with Crippen LogP contribution in [-0.4, -0.2) is 94.1 Å². The number of likely N-dealkylation sites (tertiary alicyclic amines) is 1. The van der Waals surface area contributed by atoms with Crippen LogP contribution in [0.3, 0.4) is 0 Å². The maximum atomic E-state index is 14.3. The smallest absolute Gasteiger partial charge is 0.249 e. The second kappa shape index (κ2) is 9.69. The molecule has 1 unspecified atom stereocenters. The third-order valence-corrected chi connectivity index (χ3v) is 8.29. The van der Waals surface area contributed by atoms with Gasteiger partial charge in [-0.05, 0) is 25.2 Å². The molecule has 0 saturated carbocycles. The van der Waals surface area contributed by atoms with Crippen LogP contribution in [0, 0.1) is 17.8 Å². The zero-order valence-electron chi connectivity index (χ0n) is 21.8. The van der Waals surface area contributed by atoms with E-state index in [0.29, 0.717) is 32.5 Å². The molecule has 0 aromatic rings. The Morgan fingerprint density at radius 2 is 1.77 bits per heavy atom. The Morgan fingerprint density at radius 3 is 2.40 bits per heavy atom. The number of carbonyl (C=O) groups excluding carboxylic acids is 3. The van der Waals surface area contributed by atoms with Crippen LogP contribution in [0.25, 0.3) is 0 Å². The number of aliphatic hydroxyl groups is 1. The van der Waals surface area contributed by atoms with Crippen LogP contribution in [0.1, 0.15) is 53.4 Å². The zero-order chi connectivity index (χ0) is 25.5. The predicted molar refractivity (Wildman–Crippen MR) is 132 cm³/mol. The number of unbranched alkanes of at least 4 members (excludes halogenated alkanes) is 1. The first-order valence-electron chi connectivity index (χ1n) is 13.2. The van der Waals surface area contributed by atoms with Crippen LogP contribution in [0.15, 0.2) is 24.3 Å². The molecule has 4 rings (SSSR count). The Morgan fingerprint density at radius 1 is 1.06 bits per heavy atom. The molecule has 4 aliphatic rings. The van der Waals surface area contributed by atoms with Crippen molar-refractivity contribution in [1.29, 1.82) is 0 Å². The number of likely N-dealkylation sites (N-methyl/N-ethyl adjacent to an activating group) is 1. The van der Waals surface area contributed by atoms with Crippen molar-refractivity contribution in [3.05, 3.63) is 24.3 Å². The first-order chi connectivity index (χ1) is 16.7. The molecule has 0 bridgehead atoms. The second-order valence-electron chi connectivity index (χ2n) is 11.0. The third-order valence-electron chi connectivity index (χ3n) is 8.29. The van der Waals surface area contributed by atoms with E-state index >= 15 is 0 Å². The Bertz CT molecular complexity index is 916. The van der Waals surface area contributed by atoms with Crippen molar-refractivity contribution in [2.75, 3.05) is 33.3 Å². The van der Waals surface area contributed by atoms with E-state index in [-0.39, 0.29) is 30.2 Å². The van der Waals surface area contributed by atoms with Gasteiger partial charge in [-0.3, -0.25) is 14.4 Å². The number of amides is 3. The van der Waals surface area contributed by atoms with Gasteiger partial charge in [0.1, 0.15) is 11.6 Å². The SMILES string of the molecule is CCCCN1CC=C[C@]23O[C@]4(CC)C=CCN(C)C(=O)[C@@H]4[C@H]2C(=O)N([C@@H](CO)CC(C)C)C3C1=O. The minimum absolute atomic E-state index is 0.134. The number of carbonyl (C=O) groups is 3. The highest BCUT2D eigenvalue weighted by Crippen LogP contribution is 2.59. The molecule has 2 fully saturated rings. The third kappa shape index (κ3) is 3.93. The molecule has 8 nitrogen and oxygen atoms in total. The maximum Gasteiger partial charge on any atom is 0.249 e. The van der Waals surface area contributed by atoms with Crippen LogP contribution < -0.4 is 0 Å². The van der Waals surface area contributed by atoms with Gasteiger partial charge in [-0.25, -0.2) is 0 Å². The molecule has 35 heavy (non-hydrogen) atoms. The molecule has 0 aliphatic carbocycles. The summed E-state index contributed by atoms with van der Waals surface area (Å²) in [6.07, 6.45) is 10.6. The number of aliphatic hydroxyl groups excluding tert-OH is 1. The molecule has 1 spiro atoms. The van der Waals surface area contributed by atoms with Crippen molar-refractivity contribution in [2.24, 2.45) is 17.8 Å². The average molecular weight is 488 g/mol. The van der Waals surface area contributed by atoms with Crippen molar-refractivity contribution in [1.82, 2.24) is 14.7 Å². The lowest BCUT2D eigenvalue weighted by molar-refractivity contribution is -0.157. The van der Waals surface area contributed by atoms with E-state index in [9.17, 15) is 19.5 Å². The van der Waals surface area contributed by atoms with E-state index in [4.69, 9.17) is 4.74 Å². The summed E-state index contributed by atoms with van der Waals surface area (Å²) in [5.74, 6) is -1.89. The van der Waals surface area contributed by atoms with Crippen molar-refractivity contribution in [3.8, 4) is 0 Å². The summed E-state index contributed by atoms with van der Waals surface area (Å²) < 4.78 is 6.91.